The predicted molar refractivity (Wildman–Crippen MR) is 80.4 cm³/mol. The van der Waals surface area contributed by atoms with Crippen LogP contribution in [-0.4, -0.2) is 50.8 Å². The molecule has 3 unspecified atom stereocenters. The quantitative estimate of drug-likeness (QED) is 0.490. The van der Waals surface area contributed by atoms with Gasteiger partial charge in [-0.2, -0.15) is 0 Å². The van der Waals surface area contributed by atoms with Gasteiger partial charge >= 0.3 is 20.7 Å². The molecule has 0 amide bonds. The van der Waals surface area contributed by atoms with Crippen LogP contribution >= 0.6 is 0 Å². The molecular weight excluding hydrogens is 308 g/mol. The first-order chi connectivity index (χ1) is 10.4. The summed E-state index contributed by atoms with van der Waals surface area (Å²) in [5.41, 5.74) is -0.357. The van der Waals surface area contributed by atoms with Crippen molar-refractivity contribution in [2.45, 2.75) is 32.7 Å². The van der Waals surface area contributed by atoms with Gasteiger partial charge in [-0.1, -0.05) is 12.2 Å². The largest absolute Gasteiger partial charge is 0.508 e. The van der Waals surface area contributed by atoms with Crippen LogP contribution in [0.3, 0.4) is 0 Å². The highest BCUT2D eigenvalue weighted by molar-refractivity contribution is 6.63. The van der Waals surface area contributed by atoms with E-state index >= 15 is 0 Å². The normalized spacial score (nSPS) is 25.1. The van der Waals surface area contributed by atoms with Crippen LogP contribution in [0, 0.1) is 11.8 Å². The number of hydrogen-bond acceptors (Lipinski definition) is 5. The smallest absolute Gasteiger partial charge is 0.481 e. The van der Waals surface area contributed by atoms with E-state index in [-0.39, 0.29) is 12.0 Å². The molecule has 7 nitrogen and oxygen atoms in total. The second kappa shape index (κ2) is 8.42. The highest BCUT2D eigenvalue weighted by Gasteiger charge is 2.52. The summed E-state index contributed by atoms with van der Waals surface area (Å²) in [6.07, 6.45) is 3.24. The molecule has 22 heavy (non-hydrogen) atoms. The van der Waals surface area contributed by atoms with Gasteiger partial charge in [0, 0.05) is 25.4 Å². The SMILES string of the molecule is CCO[Si](OCC)(OCC)C1C=CC(C(=O)O)C(C(=O)O)C1. The third-order valence-corrected chi connectivity index (χ3v) is 6.99. The van der Waals surface area contributed by atoms with Gasteiger partial charge in [0.25, 0.3) is 0 Å². The number of carbonyl (C=O) groups is 2. The van der Waals surface area contributed by atoms with Gasteiger partial charge < -0.3 is 23.5 Å². The number of aliphatic carboxylic acids is 2. The van der Waals surface area contributed by atoms with E-state index in [1.165, 1.54) is 6.08 Å². The first kappa shape index (κ1) is 18.8. The summed E-state index contributed by atoms with van der Waals surface area (Å²) >= 11 is 0. The van der Waals surface area contributed by atoms with E-state index in [1.54, 1.807) is 6.08 Å². The third kappa shape index (κ3) is 4.16. The van der Waals surface area contributed by atoms with Crippen molar-refractivity contribution in [3.05, 3.63) is 12.2 Å². The van der Waals surface area contributed by atoms with Gasteiger partial charge in [0.05, 0.1) is 11.8 Å². The van der Waals surface area contributed by atoms with Gasteiger partial charge in [-0.25, -0.2) is 0 Å². The molecule has 0 aliphatic heterocycles. The lowest BCUT2D eigenvalue weighted by Gasteiger charge is -2.37. The zero-order chi connectivity index (χ0) is 16.8. The fraction of sp³-hybridized carbons (Fsp3) is 0.714. The summed E-state index contributed by atoms with van der Waals surface area (Å²) < 4.78 is 17.3. The number of allylic oxidation sites excluding steroid dienone is 1. The van der Waals surface area contributed by atoms with Gasteiger partial charge in [0.2, 0.25) is 0 Å². The Morgan fingerprint density at radius 3 is 1.86 bits per heavy atom. The number of hydrogen-bond donors (Lipinski definition) is 2. The number of carboxylic acid groups (broad SMARTS) is 2. The van der Waals surface area contributed by atoms with Crippen LogP contribution in [0.5, 0.6) is 0 Å². The summed E-state index contributed by atoms with van der Waals surface area (Å²) in [5.74, 6) is -4.32. The van der Waals surface area contributed by atoms with E-state index in [2.05, 4.69) is 0 Å². The first-order valence-corrected chi connectivity index (χ1v) is 9.27. The Morgan fingerprint density at radius 2 is 1.50 bits per heavy atom. The lowest BCUT2D eigenvalue weighted by atomic mass is 9.84. The Balaban J connectivity index is 3.12. The van der Waals surface area contributed by atoms with E-state index in [4.69, 9.17) is 18.4 Å². The van der Waals surface area contributed by atoms with Crippen LogP contribution in [0.1, 0.15) is 27.2 Å². The predicted octanol–water partition coefficient (Wildman–Crippen LogP) is 1.77. The molecule has 0 saturated heterocycles. The van der Waals surface area contributed by atoms with Crippen molar-refractivity contribution in [2.75, 3.05) is 19.8 Å². The van der Waals surface area contributed by atoms with E-state index in [0.29, 0.717) is 19.8 Å². The molecular formula is C14H24O7Si. The average molecular weight is 332 g/mol. The molecule has 0 spiro atoms. The van der Waals surface area contributed by atoms with Crippen LogP contribution in [-0.2, 0) is 22.9 Å². The lowest BCUT2D eigenvalue weighted by Crippen LogP contribution is -2.52. The zero-order valence-corrected chi connectivity index (χ0v) is 14.2. The second-order valence-corrected chi connectivity index (χ2v) is 7.75. The van der Waals surface area contributed by atoms with Crippen molar-refractivity contribution in [1.82, 2.24) is 0 Å². The molecule has 2 N–H and O–H groups in total. The maximum Gasteiger partial charge on any atom is 0.508 e. The fourth-order valence-electron chi connectivity index (χ4n) is 2.71. The molecule has 0 saturated carbocycles. The Hall–Kier alpha value is -1.22. The van der Waals surface area contributed by atoms with Crippen LogP contribution in [0.2, 0.25) is 5.54 Å². The molecule has 0 aromatic rings. The van der Waals surface area contributed by atoms with Crippen molar-refractivity contribution < 1.29 is 33.1 Å². The van der Waals surface area contributed by atoms with Crippen molar-refractivity contribution in [1.29, 1.82) is 0 Å². The summed E-state index contributed by atoms with van der Waals surface area (Å²) in [7, 11) is -3.09. The van der Waals surface area contributed by atoms with Crippen molar-refractivity contribution in [3.8, 4) is 0 Å². The topological polar surface area (TPSA) is 102 Å². The molecule has 3 atom stereocenters. The molecule has 0 bridgehead atoms. The van der Waals surface area contributed by atoms with E-state index < -0.39 is 32.6 Å². The van der Waals surface area contributed by atoms with Gasteiger partial charge in [-0.15, -0.1) is 0 Å². The number of carboxylic acids is 2. The fourth-order valence-corrected chi connectivity index (χ4v) is 5.70. The van der Waals surface area contributed by atoms with Crippen LogP contribution in [0.4, 0.5) is 0 Å². The van der Waals surface area contributed by atoms with Gasteiger partial charge in [0.1, 0.15) is 0 Å². The molecule has 0 aromatic heterocycles. The maximum absolute atomic E-state index is 11.4. The van der Waals surface area contributed by atoms with Gasteiger partial charge in [-0.05, 0) is 27.2 Å². The Labute approximate surface area is 131 Å². The molecule has 1 rings (SSSR count). The van der Waals surface area contributed by atoms with E-state index in [1.807, 2.05) is 20.8 Å². The molecule has 126 valence electrons. The first-order valence-electron chi connectivity index (χ1n) is 7.47. The number of rotatable bonds is 9. The van der Waals surface area contributed by atoms with Crippen molar-refractivity contribution in [3.63, 3.8) is 0 Å². The minimum Gasteiger partial charge on any atom is -0.481 e. The Kier molecular flexibility index (Phi) is 7.20. The molecule has 0 radical (unpaired) electrons. The summed E-state index contributed by atoms with van der Waals surface area (Å²) in [6.45, 7) is 6.62. The molecule has 1 aliphatic rings. The molecule has 0 fully saturated rings. The maximum atomic E-state index is 11.4. The van der Waals surface area contributed by atoms with Crippen LogP contribution < -0.4 is 0 Å². The third-order valence-electron chi connectivity index (χ3n) is 3.59. The highest BCUT2D eigenvalue weighted by Crippen LogP contribution is 2.40. The van der Waals surface area contributed by atoms with Crippen molar-refractivity contribution in [2.24, 2.45) is 11.8 Å². The Bertz CT molecular complexity index is 406. The lowest BCUT2D eigenvalue weighted by molar-refractivity contribution is -0.152. The average Bonchev–Trinajstić information content (AvgIpc) is 2.47. The molecule has 0 heterocycles. The van der Waals surface area contributed by atoms with Crippen LogP contribution in [0.25, 0.3) is 0 Å². The molecule has 0 aromatic carbocycles. The summed E-state index contributed by atoms with van der Waals surface area (Å²) in [5, 5.41) is 18.5. The van der Waals surface area contributed by atoms with Gasteiger partial charge in [0.15, 0.2) is 0 Å². The Morgan fingerprint density at radius 1 is 1.00 bits per heavy atom. The second-order valence-electron chi connectivity index (χ2n) is 4.94. The standard InChI is InChI=1S/C14H24O7Si/c1-4-19-22(20-5-2,21-6-3)10-7-8-11(13(15)16)12(9-10)14(17)18/h7-8,10-12H,4-6,9H2,1-3H3,(H,15,16)(H,17,18). The molecule has 1 aliphatic carbocycles. The van der Waals surface area contributed by atoms with E-state index in [9.17, 15) is 14.7 Å². The minimum absolute atomic E-state index is 0.134. The zero-order valence-electron chi connectivity index (χ0n) is 13.2. The minimum atomic E-state index is -3.09. The van der Waals surface area contributed by atoms with Crippen molar-refractivity contribution >= 4 is 20.7 Å². The molecule has 8 heteroatoms. The summed E-state index contributed by atoms with van der Waals surface area (Å²) in [4.78, 5) is 22.6. The van der Waals surface area contributed by atoms with E-state index in [0.717, 1.165) is 0 Å². The highest BCUT2D eigenvalue weighted by atomic mass is 28.4. The summed E-state index contributed by atoms with van der Waals surface area (Å²) in [6, 6.07) is 0. The monoisotopic (exact) mass is 332 g/mol. The van der Waals surface area contributed by atoms with Gasteiger partial charge in [-0.3, -0.25) is 9.59 Å². The van der Waals surface area contributed by atoms with Crippen LogP contribution in [0.15, 0.2) is 12.2 Å².